The Kier molecular flexibility index (Phi) is 5.68. The van der Waals surface area contributed by atoms with Crippen molar-refractivity contribution in [2.75, 3.05) is 0 Å². The molecular formula is C13H22N2O3. The van der Waals surface area contributed by atoms with Crippen LogP contribution in [0.1, 0.15) is 46.0 Å². The number of allylic oxidation sites excluding steroid dienone is 1. The van der Waals surface area contributed by atoms with Gasteiger partial charge in [0.15, 0.2) is 0 Å². The Balaban J connectivity index is 2.42. The first kappa shape index (κ1) is 14.5. The van der Waals surface area contributed by atoms with Crippen molar-refractivity contribution in [3.8, 4) is 0 Å². The SMILES string of the molecule is CC(C)C(NC(=O)NC=C1CCCCC1)C(=O)O. The molecule has 0 aliphatic heterocycles. The molecule has 0 radical (unpaired) electrons. The monoisotopic (exact) mass is 254 g/mol. The maximum Gasteiger partial charge on any atom is 0.326 e. The van der Waals surface area contributed by atoms with Gasteiger partial charge in [-0.05, 0) is 31.6 Å². The van der Waals surface area contributed by atoms with E-state index in [1.165, 1.54) is 24.8 Å². The molecule has 1 fully saturated rings. The lowest BCUT2D eigenvalue weighted by Crippen LogP contribution is -2.47. The van der Waals surface area contributed by atoms with Gasteiger partial charge in [-0.3, -0.25) is 0 Å². The van der Waals surface area contributed by atoms with Crippen LogP contribution in [0.15, 0.2) is 11.8 Å². The van der Waals surface area contributed by atoms with E-state index in [4.69, 9.17) is 5.11 Å². The fraction of sp³-hybridized carbons (Fsp3) is 0.692. The van der Waals surface area contributed by atoms with Crippen LogP contribution in [0.25, 0.3) is 0 Å². The van der Waals surface area contributed by atoms with E-state index in [-0.39, 0.29) is 5.92 Å². The molecule has 0 bridgehead atoms. The van der Waals surface area contributed by atoms with Gasteiger partial charge in [0.25, 0.3) is 0 Å². The molecule has 5 nitrogen and oxygen atoms in total. The normalized spacial score (nSPS) is 17.2. The fourth-order valence-corrected chi connectivity index (χ4v) is 2.01. The van der Waals surface area contributed by atoms with Crippen molar-refractivity contribution in [2.24, 2.45) is 5.92 Å². The first-order valence-corrected chi connectivity index (χ1v) is 6.48. The van der Waals surface area contributed by atoms with Gasteiger partial charge in [0, 0.05) is 6.20 Å². The van der Waals surface area contributed by atoms with E-state index in [9.17, 15) is 9.59 Å². The Morgan fingerprint density at radius 3 is 2.33 bits per heavy atom. The van der Waals surface area contributed by atoms with Gasteiger partial charge >= 0.3 is 12.0 Å². The van der Waals surface area contributed by atoms with Crippen molar-refractivity contribution < 1.29 is 14.7 Å². The van der Waals surface area contributed by atoms with Crippen LogP contribution in [0.4, 0.5) is 4.79 Å². The molecule has 1 aliphatic carbocycles. The summed E-state index contributed by atoms with van der Waals surface area (Å²) in [5, 5.41) is 14.0. The number of hydrogen-bond acceptors (Lipinski definition) is 2. The van der Waals surface area contributed by atoms with Crippen LogP contribution >= 0.6 is 0 Å². The lowest BCUT2D eigenvalue weighted by atomic mass is 9.96. The smallest absolute Gasteiger partial charge is 0.326 e. The number of carboxylic acid groups (broad SMARTS) is 1. The Morgan fingerprint density at radius 2 is 1.83 bits per heavy atom. The Bertz CT molecular complexity index is 329. The summed E-state index contributed by atoms with van der Waals surface area (Å²) in [6.07, 6.45) is 7.34. The third-order valence-corrected chi connectivity index (χ3v) is 3.12. The molecular weight excluding hydrogens is 232 g/mol. The summed E-state index contributed by atoms with van der Waals surface area (Å²) in [4.78, 5) is 22.5. The number of carbonyl (C=O) groups excluding carboxylic acids is 1. The number of nitrogens with one attached hydrogen (secondary N) is 2. The number of carboxylic acids is 1. The van der Waals surface area contributed by atoms with Gasteiger partial charge in [-0.15, -0.1) is 0 Å². The van der Waals surface area contributed by atoms with Gasteiger partial charge in [0.05, 0.1) is 0 Å². The average molecular weight is 254 g/mol. The van der Waals surface area contributed by atoms with E-state index < -0.39 is 18.0 Å². The maximum atomic E-state index is 11.6. The van der Waals surface area contributed by atoms with Crippen molar-refractivity contribution >= 4 is 12.0 Å². The maximum absolute atomic E-state index is 11.6. The molecule has 1 rings (SSSR count). The molecule has 5 heteroatoms. The summed E-state index contributed by atoms with van der Waals surface area (Å²) in [7, 11) is 0. The van der Waals surface area contributed by atoms with E-state index in [2.05, 4.69) is 10.6 Å². The van der Waals surface area contributed by atoms with Crippen LogP contribution < -0.4 is 10.6 Å². The number of hydrogen-bond donors (Lipinski definition) is 3. The molecule has 0 aromatic heterocycles. The highest BCUT2D eigenvalue weighted by molar-refractivity contribution is 5.83. The fourth-order valence-electron chi connectivity index (χ4n) is 2.01. The summed E-state index contributed by atoms with van der Waals surface area (Å²) in [6, 6.07) is -1.30. The molecule has 102 valence electrons. The minimum absolute atomic E-state index is 0.143. The van der Waals surface area contributed by atoms with Crippen molar-refractivity contribution in [3.63, 3.8) is 0 Å². The van der Waals surface area contributed by atoms with Gasteiger partial charge in [-0.1, -0.05) is 25.8 Å². The Labute approximate surface area is 108 Å². The molecule has 3 N–H and O–H groups in total. The standard InChI is InChI=1S/C13H22N2O3/c1-9(2)11(12(16)17)15-13(18)14-8-10-6-4-3-5-7-10/h8-9,11H,3-7H2,1-2H3,(H,16,17)(H2,14,15,18). The van der Waals surface area contributed by atoms with Crippen molar-refractivity contribution in [3.05, 3.63) is 11.8 Å². The van der Waals surface area contributed by atoms with Crippen LogP contribution in [-0.2, 0) is 4.79 Å². The zero-order valence-electron chi connectivity index (χ0n) is 11.0. The third-order valence-electron chi connectivity index (χ3n) is 3.12. The summed E-state index contributed by atoms with van der Waals surface area (Å²) in [5.74, 6) is -1.15. The lowest BCUT2D eigenvalue weighted by molar-refractivity contribution is -0.140. The quantitative estimate of drug-likeness (QED) is 0.720. The van der Waals surface area contributed by atoms with Gasteiger partial charge in [0.2, 0.25) is 0 Å². The molecule has 18 heavy (non-hydrogen) atoms. The van der Waals surface area contributed by atoms with E-state index in [0.717, 1.165) is 12.8 Å². The highest BCUT2D eigenvalue weighted by Gasteiger charge is 2.22. The van der Waals surface area contributed by atoms with E-state index in [1.54, 1.807) is 20.0 Å². The Morgan fingerprint density at radius 1 is 1.22 bits per heavy atom. The second-order valence-electron chi connectivity index (χ2n) is 5.04. The van der Waals surface area contributed by atoms with Gasteiger partial charge in [-0.2, -0.15) is 0 Å². The predicted octanol–water partition coefficient (Wildman–Crippen LogP) is 2.24. The molecule has 2 amide bonds. The van der Waals surface area contributed by atoms with Crippen LogP contribution in [0.5, 0.6) is 0 Å². The molecule has 1 atom stereocenters. The zero-order valence-corrected chi connectivity index (χ0v) is 11.0. The Hall–Kier alpha value is -1.52. The number of carbonyl (C=O) groups is 2. The highest BCUT2D eigenvalue weighted by atomic mass is 16.4. The number of urea groups is 1. The first-order valence-electron chi connectivity index (χ1n) is 6.48. The van der Waals surface area contributed by atoms with Crippen molar-refractivity contribution in [1.29, 1.82) is 0 Å². The van der Waals surface area contributed by atoms with Crippen LogP contribution in [0.2, 0.25) is 0 Å². The van der Waals surface area contributed by atoms with Crippen molar-refractivity contribution in [1.82, 2.24) is 10.6 Å². The molecule has 0 heterocycles. The minimum atomic E-state index is -1.01. The number of rotatable bonds is 4. The molecule has 0 aromatic rings. The summed E-state index contributed by atoms with van der Waals surface area (Å²) in [5.41, 5.74) is 1.23. The second-order valence-corrected chi connectivity index (χ2v) is 5.04. The highest BCUT2D eigenvalue weighted by Crippen LogP contribution is 2.21. The van der Waals surface area contributed by atoms with E-state index in [0.29, 0.717) is 0 Å². The summed E-state index contributed by atoms with van der Waals surface area (Å²) in [6.45, 7) is 3.53. The third kappa shape index (κ3) is 4.77. The summed E-state index contributed by atoms with van der Waals surface area (Å²) >= 11 is 0. The van der Waals surface area contributed by atoms with Gasteiger partial charge < -0.3 is 15.7 Å². The molecule has 0 saturated heterocycles. The van der Waals surface area contributed by atoms with Crippen LogP contribution in [0, 0.1) is 5.92 Å². The first-order chi connectivity index (χ1) is 8.50. The van der Waals surface area contributed by atoms with Gasteiger partial charge in [-0.25, -0.2) is 9.59 Å². The van der Waals surface area contributed by atoms with Crippen LogP contribution in [-0.4, -0.2) is 23.1 Å². The largest absolute Gasteiger partial charge is 0.480 e. The average Bonchev–Trinajstić information content (AvgIpc) is 2.34. The van der Waals surface area contributed by atoms with Crippen molar-refractivity contribution in [2.45, 2.75) is 52.0 Å². The van der Waals surface area contributed by atoms with Crippen LogP contribution in [0.3, 0.4) is 0 Å². The molecule has 1 saturated carbocycles. The topological polar surface area (TPSA) is 78.4 Å². The molecule has 1 unspecified atom stereocenters. The minimum Gasteiger partial charge on any atom is -0.480 e. The number of amides is 2. The zero-order chi connectivity index (χ0) is 13.5. The molecule has 1 aliphatic rings. The predicted molar refractivity (Wildman–Crippen MR) is 69.1 cm³/mol. The lowest BCUT2D eigenvalue weighted by Gasteiger charge is -2.18. The van der Waals surface area contributed by atoms with E-state index in [1.807, 2.05) is 0 Å². The molecule has 0 aromatic carbocycles. The van der Waals surface area contributed by atoms with E-state index >= 15 is 0 Å². The second kappa shape index (κ2) is 7.03. The van der Waals surface area contributed by atoms with Gasteiger partial charge in [0.1, 0.15) is 6.04 Å². The molecule has 0 spiro atoms. The number of aliphatic carboxylic acids is 1. The summed E-state index contributed by atoms with van der Waals surface area (Å²) < 4.78 is 0.